The van der Waals surface area contributed by atoms with E-state index in [0.29, 0.717) is 0 Å². The standard InChI is InChI=1S/C11H19N/c1-9(7-8-12-6)10(2)11(3,4)5/h7-8H,6H2,1-5H3/b8-7-,10-9+. The van der Waals surface area contributed by atoms with Crippen LogP contribution in [0.1, 0.15) is 34.6 Å². The monoisotopic (exact) mass is 165 g/mol. The molecule has 0 aromatic carbocycles. The molecule has 0 bridgehead atoms. The molecule has 0 radical (unpaired) electrons. The molecule has 0 heterocycles. The Morgan fingerprint density at radius 2 is 1.75 bits per heavy atom. The van der Waals surface area contributed by atoms with Crippen molar-refractivity contribution in [2.75, 3.05) is 0 Å². The molecule has 0 saturated carbocycles. The highest BCUT2D eigenvalue weighted by Crippen LogP contribution is 2.27. The number of rotatable bonds is 2. The van der Waals surface area contributed by atoms with Gasteiger partial charge in [0.2, 0.25) is 0 Å². The van der Waals surface area contributed by atoms with Gasteiger partial charge in [0.1, 0.15) is 0 Å². The molecule has 0 aliphatic heterocycles. The summed E-state index contributed by atoms with van der Waals surface area (Å²) >= 11 is 0. The molecule has 68 valence electrons. The first-order valence-corrected chi connectivity index (χ1v) is 4.20. The Hall–Kier alpha value is -0.850. The quantitative estimate of drug-likeness (QED) is 0.438. The van der Waals surface area contributed by atoms with Gasteiger partial charge in [0.15, 0.2) is 0 Å². The maximum atomic E-state index is 3.68. The number of hydrogen-bond donors (Lipinski definition) is 0. The highest BCUT2D eigenvalue weighted by atomic mass is 14.6. The van der Waals surface area contributed by atoms with Gasteiger partial charge in [0.25, 0.3) is 0 Å². The number of hydrogen-bond acceptors (Lipinski definition) is 1. The predicted octanol–water partition coefficient (Wildman–Crippen LogP) is 3.58. The first-order chi connectivity index (χ1) is 5.39. The molecule has 0 aliphatic carbocycles. The van der Waals surface area contributed by atoms with Gasteiger partial charge in [-0.1, -0.05) is 31.9 Å². The summed E-state index contributed by atoms with van der Waals surface area (Å²) in [6, 6.07) is 0. The van der Waals surface area contributed by atoms with Crippen LogP contribution in [-0.2, 0) is 0 Å². The van der Waals surface area contributed by atoms with Crippen molar-refractivity contribution in [1.82, 2.24) is 0 Å². The van der Waals surface area contributed by atoms with E-state index in [2.05, 4.69) is 46.3 Å². The first kappa shape index (κ1) is 11.2. The second-order valence-electron chi connectivity index (χ2n) is 4.06. The fourth-order valence-corrected chi connectivity index (χ4v) is 0.881. The second kappa shape index (κ2) is 4.24. The van der Waals surface area contributed by atoms with Crippen LogP contribution < -0.4 is 0 Å². The molecule has 0 amide bonds. The predicted molar refractivity (Wildman–Crippen MR) is 56.5 cm³/mol. The van der Waals surface area contributed by atoms with Crippen LogP contribution >= 0.6 is 0 Å². The summed E-state index contributed by atoms with van der Waals surface area (Å²) in [4.78, 5) is 3.68. The summed E-state index contributed by atoms with van der Waals surface area (Å²) in [5, 5.41) is 0. The van der Waals surface area contributed by atoms with E-state index in [0.717, 1.165) is 0 Å². The summed E-state index contributed by atoms with van der Waals surface area (Å²) in [6.07, 6.45) is 3.72. The van der Waals surface area contributed by atoms with Gasteiger partial charge >= 0.3 is 0 Å². The molecule has 1 nitrogen and oxygen atoms in total. The van der Waals surface area contributed by atoms with Gasteiger partial charge in [0.05, 0.1) is 0 Å². The van der Waals surface area contributed by atoms with Gasteiger partial charge in [-0.15, -0.1) is 0 Å². The van der Waals surface area contributed by atoms with Crippen molar-refractivity contribution in [3.8, 4) is 0 Å². The van der Waals surface area contributed by atoms with E-state index < -0.39 is 0 Å². The first-order valence-electron chi connectivity index (χ1n) is 4.20. The van der Waals surface area contributed by atoms with Crippen LogP contribution in [0.3, 0.4) is 0 Å². The summed E-state index contributed by atoms with van der Waals surface area (Å²) < 4.78 is 0. The van der Waals surface area contributed by atoms with E-state index in [1.807, 2.05) is 6.08 Å². The lowest BCUT2D eigenvalue weighted by atomic mass is 9.85. The zero-order valence-electron chi connectivity index (χ0n) is 8.81. The summed E-state index contributed by atoms with van der Waals surface area (Å²) in [6.45, 7) is 14.3. The van der Waals surface area contributed by atoms with Crippen LogP contribution in [0.4, 0.5) is 0 Å². The molecule has 0 atom stereocenters. The van der Waals surface area contributed by atoms with E-state index in [-0.39, 0.29) is 5.41 Å². The molecular weight excluding hydrogens is 146 g/mol. The fourth-order valence-electron chi connectivity index (χ4n) is 0.881. The van der Waals surface area contributed by atoms with Crippen molar-refractivity contribution in [3.05, 3.63) is 23.4 Å². The average Bonchev–Trinajstić information content (AvgIpc) is 1.97. The van der Waals surface area contributed by atoms with Crippen LogP contribution in [0, 0.1) is 5.41 Å². The Kier molecular flexibility index (Phi) is 3.94. The average molecular weight is 165 g/mol. The van der Waals surface area contributed by atoms with Gasteiger partial charge in [-0.2, -0.15) is 0 Å². The molecule has 0 aromatic rings. The number of aliphatic imine (C=N–C) groups is 1. The minimum atomic E-state index is 0.246. The van der Waals surface area contributed by atoms with Crippen LogP contribution in [-0.4, -0.2) is 6.72 Å². The normalized spacial score (nSPS) is 14.8. The van der Waals surface area contributed by atoms with Gasteiger partial charge in [-0.3, -0.25) is 4.99 Å². The summed E-state index contributed by atoms with van der Waals surface area (Å²) in [5.41, 5.74) is 2.91. The third-order valence-electron chi connectivity index (χ3n) is 2.15. The van der Waals surface area contributed by atoms with E-state index in [4.69, 9.17) is 0 Å². The molecule has 0 spiro atoms. The van der Waals surface area contributed by atoms with Crippen molar-refractivity contribution in [1.29, 1.82) is 0 Å². The highest BCUT2D eigenvalue weighted by molar-refractivity contribution is 5.30. The zero-order chi connectivity index (χ0) is 9.78. The molecule has 0 unspecified atom stereocenters. The molecular formula is C11H19N. The lowest BCUT2D eigenvalue weighted by molar-refractivity contribution is 0.500. The summed E-state index contributed by atoms with van der Waals surface area (Å²) in [5.74, 6) is 0. The Morgan fingerprint density at radius 3 is 2.08 bits per heavy atom. The van der Waals surface area contributed by atoms with E-state index in [1.54, 1.807) is 6.20 Å². The van der Waals surface area contributed by atoms with Crippen LogP contribution in [0.5, 0.6) is 0 Å². The second-order valence-corrected chi connectivity index (χ2v) is 4.06. The molecule has 0 N–H and O–H groups in total. The van der Waals surface area contributed by atoms with Crippen LogP contribution in [0.2, 0.25) is 0 Å². The third-order valence-corrected chi connectivity index (χ3v) is 2.15. The highest BCUT2D eigenvalue weighted by Gasteiger charge is 2.13. The minimum absolute atomic E-state index is 0.246. The number of allylic oxidation sites excluding steroid dienone is 3. The minimum Gasteiger partial charge on any atom is -0.273 e. The molecule has 1 heteroatoms. The smallest absolute Gasteiger partial charge is 0.0263 e. The zero-order valence-corrected chi connectivity index (χ0v) is 8.81. The molecule has 0 rings (SSSR count). The van der Waals surface area contributed by atoms with Crippen molar-refractivity contribution >= 4 is 6.72 Å². The van der Waals surface area contributed by atoms with Gasteiger partial charge in [0, 0.05) is 6.20 Å². The third kappa shape index (κ3) is 3.51. The molecule has 0 aromatic heterocycles. The van der Waals surface area contributed by atoms with Gasteiger partial charge < -0.3 is 0 Å². The summed E-state index contributed by atoms with van der Waals surface area (Å²) in [7, 11) is 0. The van der Waals surface area contributed by atoms with Crippen molar-refractivity contribution in [2.45, 2.75) is 34.6 Å². The maximum absolute atomic E-state index is 3.68. The Balaban J connectivity index is 4.69. The molecule has 0 saturated heterocycles. The van der Waals surface area contributed by atoms with Gasteiger partial charge in [-0.05, 0) is 32.1 Å². The SMILES string of the molecule is C=N/C=C\C(C)=C(/C)C(C)(C)C. The Bertz CT molecular complexity index is 214. The lowest BCUT2D eigenvalue weighted by Crippen LogP contribution is -2.07. The Labute approximate surface area is 75.9 Å². The molecule has 0 fully saturated rings. The Morgan fingerprint density at radius 1 is 1.25 bits per heavy atom. The van der Waals surface area contributed by atoms with E-state index in [9.17, 15) is 0 Å². The molecule has 12 heavy (non-hydrogen) atoms. The van der Waals surface area contributed by atoms with Crippen molar-refractivity contribution < 1.29 is 0 Å². The van der Waals surface area contributed by atoms with Crippen molar-refractivity contribution in [2.24, 2.45) is 10.4 Å². The van der Waals surface area contributed by atoms with Crippen molar-refractivity contribution in [3.63, 3.8) is 0 Å². The lowest BCUT2D eigenvalue weighted by Gasteiger charge is -2.21. The molecule has 0 aliphatic rings. The fraction of sp³-hybridized carbons (Fsp3) is 0.545. The maximum Gasteiger partial charge on any atom is 0.0263 e. The number of nitrogens with zero attached hydrogens (tertiary/aromatic N) is 1. The topological polar surface area (TPSA) is 12.4 Å². The van der Waals surface area contributed by atoms with Gasteiger partial charge in [-0.25, -0.2) is 0 Å². The largest absolute Gasteiger partial charge is 0.273 e. The van der Waals surface area contributed by atoms with Crippen LogP contribution in [0.15, 0.2) is 28.4 Å². The van der Waals surface area contributed by atoms with E-state index in [1.165, 1.54) is 11.1 Å². The van der Waals surface area contributed by atoms with E-state index >= 15 is 0 Å². The van der Waals surface area contributed by atoms with Crippen LogP contribution in [0.25, 0.3) is 0 Å².